The van der Waals surface area contributed by atoms with Gasteiger partial charge in [-0.05, 0) is 25.1 Å². The Bertz CT molecular complexity index is 1050. The van der Waals surface area contributed by atoms with Crippen LogP contribution in [0.1, 0.15) is 21.5 Å². The molecule has 1 heterocycles. The molecule has 0 aliphatic carbocycles. The van der Waals surface area contributed by atoms with Crippen LogP contribution in [0.4, 0.5) is 0 Å². The van der Waals surface area contributed by atoms with E-state index in [4.69, 9.17) is 4.98 Å². The fourth-order valence-corrected chi connectivity index (χ4v) is 3.03. The van der Waals surface area contributed by atoms with E-state index in [9.17, 15) is 4.79 Å². The third-order valence-corrected chi connectivity index (χ3v) is 4.31. The summed E-state index contributed by atoms with van der Waals surface area (Å²) in [5.41, 5.74) is 5.16. The molecule has 0 saturated carbocycles. The number of benzene rings is 3. The van der Waals surface area contributed by atoms with Gasteiger partial charge in [0.15, 0.2) is 5.78 Å². The molecule has 0 saturated heterocycles. The van der Waals surface area contributed by atoms with Gasteiger partial charge in [-0.25, -0.2) is 4.98 Å². The third kappa shape index (κ3) is 2.94. The lowest BCUT2D eigenvalue weighted by molar-refractivity contribution is 0.104. The molecule has 3 aromatic carbocycles. The van der Waals surface area contributed by atoms with Gasteiger partial charge in [0.1, 0.15) is 0 Å². The normalized spacial score (nSPS) is 10.8. The number of rotatable bonds is 3. The number of aromatic nitrogens is 1. The fraction of sp³-hybridized carbons (Fsp3) is 0.0435. The van der Waals surface area contributed by atoms with Crippen molar-refractivity contribution in [2.45, 2.75) is 6.92 Å². The number of nitrogens with zero attached hydrogens (tertiary/aromatic N) is 1. The first-order valence-corrected chi connectivity index (χ1v) is 8.29. The van der Waals surface area contributed by atoms with Crippen LogP contribution >= 0.6 is 0 Å². The highest BCUT2D eigenvalue weighted by Crippen LogP contribution is 2.27. The minimum absolute atomic E-state index is 0.0239. The first-order valence-electron chi connectivity index (χ1n) is 8.29. The Balaban J connectivity index is 1.97. The third-order valence-electron chi connectivity index (χ3n) is 4.31. The van der Waals surface area contributed by atoms with Gasteiger partial charge in [-0.15, -0.1) is 0 Å². The predicted octanol–water partition coefficient (Wildman–Crippen LogP) is 5.44. The Morgan fingerprint density at radius 1 is 0.800 bits per heavy atom. The van der Waals surface area contributed by atoms with E-state index in [0.29, 0.717) is 11.1 Å². The second-order valence-corrected chi connectivity index (χ2v) is 6.14. The van der Waals surface area contributed by atoms with E-state index in [1.807, 2.05) is 91.9 Å². The summed E-state index contributed by atoms with van der Waals surface area (Å²) in [6.07, 6.45) is 0. The molecule has 0 N–H and O–H groups in total. The van der Waals surface area contributed by atoms with Crippen LogP contribution in [0.25, 0.3) is 22.2 Å². The number of carbonyl (C=O) groups excluding carboxylic acids is 1. The number of hydrogen-bond acceptors (Lipinski definition) is 2. The molecule has 2 nitrogen and oxygen atoms in total. The Morgan fingerprint density at radius 3 is 2.20 bits per heavy atom. The summed E-state index contributed by atoms with van der Waals surface area (Å²) in [7, 11) is 0. The highest BCUT2D eigenvalue weighted by molar-refractivity contribution is 6.16. The largest absolute Gasteiger partial charge is 0.289 e. The molecule has 0 fully saturated rings. The van der Waals surface area contributed by atoms with Gasteiger partial charge in [0, 0.05) is 22.1 Å². The van der Waals surface area contributed by atoms with Crippen LogP contribution in [0, 0.1) is 6.92 Å². The van der Waals surface area contributed by atoms with E-state index >= 15 is 0 Å². The Kier molecular flexibility index (Phi) is 3.87. The van der Waals surface area contributed by atoms with Crippen molar-refractivity contribution < 1.29 is 4.79 Å². The number of pyridine rings is 1. The van der Waals surface area contributed by atoms with Crippen molar-refractivity contribution >= 4 is 16.7 Å². The molecule has 0 bridgehead atoms. The molecule has 1 aromatic heterocycles. The summed E-state index contributed by atoms with van der Waals surface area (Å²) in [6.45, 7) is 2.03. The second-order valence-electron chi connectivity index (χ2n) is 6.14. The molecule has 4 aromatic rings. The van der Waals surface area contributed by atoms with E-state index in [2.05, 4.69) is 0 Å². The molecule has 120 valence electrons. The zero-order valence-electron chi connectivity index (χ0n) is 13.9. The average molecular weight is 323 g/mol. The van der Waals surface area contributed by atoms with Crippen molar-refractivity contribution in [1.82, 2.24) is 4.98 Å². The Hall–Kier alpha value is -3.26. The molecular formula is C23H17NO. The van der Waals surface area contributed by atoms with Crippen molar-refractivity contribution in [3.63, 3.8) is 0 Å². The topological polar surface area (TPSA) is 30.0 Å². The van der Waals surface area contributed by atoms with E-state index in [1.165, 1.54) is 0 Å². The van der Waals surface area contributed by atoms with Crippen molar-refractivity contribution in [2.24, 2.45) is 0 Å². The Labute approximate surface area is 146 Å². The zero-order valence-corrected chi connectivity index (χ0v) is 13.9. The summed E-state index contributed by atoms with van der Waals surface area (Å²) in [5, 5.41) is 0.897. The molecule has 2 heteroatoms. The van der Waals surface area contributed by atoms with E-state index < -0.39 is 0 Å². The van der Waals surface area contributed by atoms with Crippen molar-refractivity contribution in [3.8, 4) is 11.3 Å². The van der Waals surface area contributed by atoms with E-state index in [1.54, 1.807) is 0 Å². The number of hydrogen-bond donors (Lipinski definition) is 0. The van der Waals surface area contributed by atoms with Crippen LogP contribution in [0.2, 0.25) is 0 Å². The number of carbonyl (C=O) groups is 1. The van der Waals surface area contributed by atoms with E-state index in [-0.39, 0.29) is 5.78 Å². The van der Waals surface area contributed by atoms with Crippen LogP contribution in [-0.4, -0.2) is 10.8 Å². The van der Waals surface area contributed by atoms with Gasteiger partial charge < -0.3 is 0 Å². The molecule has 0 amide bonds. The Morgan fingerprint density at radius 2 is 1.48 bits per heavy atom. The van der Waals surface area contributed by atoms with Gasteiger partial charge in [0.25, 0.3) is 0 Å². The van der Waals surface area contributed by atoms with Gasteiger partial charge in [-0.2, -0.15) is 0 Å². The molecular weight excluding hydrogens is 306 g/mol. The summed E-state index contributed by atoms with van der Waals surface area (Å²) in [6, 6.07) is 27.3. The van der Waals surface area contributed by atoms with Gasteiger partial charge in [-0.3, -0.25) is 4.79 Å². The number of aryl methyl sites for hydroxylation is 1. The molecule has 0 unspecified atom stereocenters. The van der Waals surface area contributed by atoms with Gasteiger partial charge in [0.2, 0.25) is 0 Å². The van der Waals surface area contributed by atoms with Crippen molar-refractivity contribution in [2.75, 3.05) is 0 Å². The summed E-state index contributed by atoms with van der Waals surface area (Å²) in [4.78, 5) is 17.9. The smallest absolute Gasteiger partial charge is 0.193 e. The lowest BCUT2D eigenvalue weighted by Crippen LogP contribution is -2.04. The van der Waals surface area contributed by atoms with Crippen LogP contribution in [-0.2, 0) is 0 Å². The molecule has 25 heavy (non-hydrogen) atoms. The quantitative estimate of drug-likeness (QED) is 0.470. The summed E-state index contributed by atoms with van der Waals surface area (Å²) in [5.74, 6) is 0.0239. The first-order chi connectivity index (χ1) is 12.2. The van der Waals surface area contributed by atoms with Gasteiger partial charge >= 0.3 is 0 Å². The van der Waals surface area contributed by atoms with Crippen molar-refractivity contribution in [1.29, 1.82) is 0 Å². The summed E-state index contributed by atoms with van der Waals surface area (Å²) >= 11 is 0. The highest BCUT2D eigenvalue weighted by atomic mass is 16.1. The monoisotopic (exact) mass is 323 g/mol. The zero-order chi connectivity index (χ0) is 17.2. The maximum atomic E-state index is 13.1. The van der Waals surface area contributed by atoms with E-state index in [0.717, 1.165) is 27.7 Å². The average Bonchev–Trinajstić information content (AvgIpc) is 2.68. The predicted molar refractivity (Wildman–Crippen MR) is 102 cm³/mol. The molecule has 0 aliphatic rings. The SMILES string of the molecule is Cc1ccc2nc(-c3ccccc3)cc(C(=O)c3ccccc3)c2c1. The molecule has 0 atom stereocenters. The highest BCUT2D eigenvalue weighted by Gasteiger charge is 2.15. The minimum atomic E-state index is 0.0239. The second kappa shape index (κ2) is 6.33. The number of fused-ring (bicyclic) bond motifs is 1. The van der Waals surface area contributed by atoms with Crippen LogP contribution < -0.4 is 0 Å². The van der Waals surface area contributed by atoms with Gasteiger partial charge in [0.05, 0.1) is 11.2 Å². The standard InChI is InChI=1S/C23H17NO/c1-16-12-13-21-19(14-16)20(23(25)18-10-6-3-7-11-18)15-22(24-21)17-8-4-2-5-9-17/h2-15H,1H3. The van der Waals surface area contributed by atoms with Crippen LogP contribution in [0.3, 0.4) is 0 Å². The maximum Gasteiger partial charge on any atom is 0.193 e. The number of ketones is 1. The molecule has 0 aliphatic heterocycles. The van der Waals surface area contributed by atoms with Crippen LogP contribution in [0.5, 0.6) is 0 Å². The minimum Gasteiger partial charge on any atom is -0.289 e. The molecule has 0 radical (unpaired) electrons. The lowest BCUT2D eigenvalue weighted by Gasteiger charge is -2.10. The molecule has 4 rings (SSSR count). The van der Waals surface area contributed by atoms with Crippen LogP contribution in [0.15, 0.2) is 84.9 Å². The lowest BCUT2D eigenvalue weighted by atomic mass is 9.96. The summed E-state index contributed by atoms with van der Waals surface area (Å²) < 4.78 is 0. The molecule has 0 spiro atoms. The maximum absolute atomic E-state index is 13.1. The first kappa shape index (κ1) is 15.3. The van der Waals surface area contributed by atoms with Crippen molar-refractivity contribution in [3.05, 3.63) is 102 Å². The van der Waals surface area contributed by atoms with Gasteiger partial charge in [-0.1, -0.05) is 72.3 Å². The fourth-order valence-electron chi connectivity index (χ4n) is 3.03.